The third-order valence-corrected chi connectivity index (χ3v) is 7.07. The maximum atomic E-state index is 13.8. The summed E-state index contributed by atoms with van der Waals surface area (Å²) < 4.78 is 42.1. The van der Waals surface area contributed by atoms with Crippen LogP contribution in [-0.4, -0.2) is 35.0 Å². The zero-order valence-corrected chi connectivity index (χ0v) is 21.3. The second-order valence-corrected chi connectivity index (χ2v) is 9.72. The summed E-state index contributed by atoms with van der Waals surface area (Å²) in [5.41, 5.74) is -1.15. The molecule has 3 aromatic carbocycles. The molecule has 1 aliphatic heterocycles. The summed E-state index contributed by atoms with van der Waals surface area (Å²) in [6.45, 7) is 4.07. The van der Waals surface area contributed by atoms with Gasteiger partial charge in [-0.2, -0.15) is 13.2 Å². The highest BCUT2D eigenvalue weighted by molar-refractivity contribution is 9.10. The van der Waals surface area contributed by atoms with Gasteiger partial charge in [0, 0.05) is 28.7 Å². The lowest BCUT2D eigenvalue weighted by atomic mass is 9.84. The van der Waals surface area contributed by atoms with Crippen LogP contribution in [0.4, 0.5) is 18.0 Å². The van der Waals surface area contributed by atoms with E-state index >= 15 is 0 Å². The first-order valence-electron chi connectivity index (χ1n) is 11.5. The first kappa shape index (κ1) is 26.6. The molecule has 0 aliphatic carbocycles. The largest absolute Gasteiger partial charge is 0.417 e. The Morgan fingerprint density at radius 1 is 1.00 bits per heavy atom. The quantitative estimate of drug-likeness (QED) is 0.369. The van der Waals surface area contributed by atoms with E-state index in [0.717, 1.165) is 16.1 Å². The number of hydrogen-bond acceptors (Lipinski definition) is 3. The minimum Gasteiger partial charge on any atom is -0.385 e. The number of urea groups is 1. The summed E-state index contributed by atoms with van der Waals surface area (Å²) in [6, 6.07) is 16.0. The minimum absolute atomic E-state index is 0.0407. The molecule has 4 rings (SSSR count). The van der Waals surface area contributed by atoms with Gasteiger partial charge in [0.25, 0.3) is 5.91 Å². The van der Waals surface area contributed by atoms with Crippen LogP contribution in [0, 0.1) is 0 Å². The second kappa shape index (κ2) is 10.5. The first-order chi connectivity index (χ1) is 17.5. The van der Waals surface area contributed by atoms with Crippen LogP contribution in [-0.2, 0) is 11.8 Å². The van der Waals surface area contributed by atoms with Gasteiger partial charge < -0.3 is 10.0 Å². The summed E-state index contributed by atoms with van der Waals surface area (Å²) in [4.78, 5) is 27.5. The number of carbonyl (C=O) groups is 2. The van der Waals surface area contributed by atoms with Crippen LogP contribution in [0.2, 0.25) is 0 Å². The SMILES string of the molecule is C=Cc1cccc(C(=O)NC(=O)N2CCC(O)(c3ccc(Br)cc3)CC2)c1-c1ccccc1C(F)(F)F. The Morgan fingerprint density at radius 2 is 1.65 bits per heavy atom. The van der Waals surface area contributed by atoms with Crippen molar-refractivity contribution < 1.29 is 27.9 Å². The van der Waals surface area contributed by atoms with Crippen LogP contribution < -0.4 is 5.32 Å². The Morgan fingerprint density at radius 3 is 2.27 bits per heavy atom. The molecule has 1 fully saturated rings. The second-order valence-electron chi connectivity index (χ2n) is 8.80. The summed E-state index contributed by atoms with van der Waals surface area (Å²) in [5.74, 6) is -0.825. The molecule has 192 valence electrons. The third kappa shape index (κ3) is 5.62. The summed E-state index contributed by atoms with van der Waals surface area (Å²) in [6.07, 6.45) is -2.73. The highest BCUT2D eigenvalue weighted by Crippen LogP contribution is 2.40. The molecule has 3 amide bonds. The van der Waals surface area contributed by atoms with E-state index in [1.54, 1.807) is 6.07 Å². The van der Waals surface area contributed by atoms with E-state index in [1.165, 1.54) is 41.3 Å². The molecule has 1 heterocycles. The fourth-order valence-corrected chi connectivity index (χ4v) is 4.81. The van der Waals surface area contributed by atoms with Crippen molar-refractivity contribution in [2.75, 3.05) is 13.1 Å². The fraction of sp³-hybridized carbons (Fsp3) is 0.214. The number of alkyl halides is 3. The van der Waals surface area contributed by atoms with Gasteiger partial charge in [-0.25, -0.2) is 4.79 Å². The van der Waals surface area contributed by atoms with Crippen LogP contribution in [0.15, 0.2) is 77.8 Å². The number of halogens is 4. The average Bonchev–Trinajstić information content (AvgIpc) is 2.88. The van der Waals surface area contributed by atoms with Crippen LogP contribution in [0.5, 0.6) is 0 Å². The third-order valence-electron chi connectivity index (χ3n) is 6.54. The number of aliphatic hydroxyl groups is 1. The number of nitrogens with zero attached hydrogens (tertiary/aromatic N) is 1. The molecule has 0 saturated carbocycles. The number of carbonyl (C=O) groups excluding carboxylic acids is 2. The molecule has 0 atom stereocenters. The molecular weight excluding hydrogens is 549 g/mol. The van der Waals surface area contributed by atoms with Gasteiger partial charge >= 0.3 is 12.2 Å². The topological polar surface area (TPSA) is 69.6 Å². The smallest absolute Gasteiger partial charge is 0.385 e. The maximum Gasteiger partial charge on any atom is 0.417 e. The van der Waals surface area contributed by atoms with E-state index < -0.39 is 29.3 Å². The van der Waals surface area contributed by atoms with Crippen LogP contribution in [0.1, 0.15) is 39.9 Å². The number of imide groups is 1. The van der Waals surface area contributed by atoms with E-state index in [0.29, 0.717) is 5.56 Å². The Bertz CT molecular complexity index is 1330. The molecule has 0 unspecified atom stereocenters. The molecular formula is C28H24BrF3N2O3. The number of rotatable bonds is 4. The van der Waals surface area contributed by atoms with Gasteiger partial charge in [-0.15, -0.1) is 0 Å². The lowest BCUT2D eigenvalue weighted by molar-refractivity contribution is -0.137. The van der Waals surface area contributed by atoms with Crippen LogP contribution in [0.3, 0.4) is 0 Å². The van der Waals surface area contributed by atoms with E-state index in [2.05, 4.69) is 27.8 Å². The van der Waals surface area contributed by atoms with E-state index in [-0.39, 0.29) is 42.6 Å². The molecule has 0 bridgehead atoms. The normalized spacial score (nSPS) is 15.2. The molecule has 3 aromatic rings. The Hall–Kier alpha value is -3.43. The molecule has 5 nitrogen and oxygen atoms in total. The number of hydrogen-bond donors (Lipinski definition) is 2. The van der Waals surface area contributed by atoms with Crippen molar-refractivity contribution in [3.8, 4) is 11.1 Å². The van der Waals surface area contributed by atoms with Crippen molar-refractivity contribution in [2.45, 2.75) is 24.6 Å². The molecule has 0 radical (unpaired) electrons. The number of benzene rings is 3. The van der Waals surface area contributed by atoms with Crippen molar-refractivity contribution in [2.24, 2.45) is 0 Å². The van der Waals surface area contributed by atoms with Crippen LogP contribution >= 0.6 is 15.9 Å². The maximum absolute atomic E-state index is 13.8. The Balaban J connectivity index is 1.55. The fourth-order valence-electron chi connectivity index (χ4n) is 4.55. The average molecular weight is 573 g/mol. The minimum atomic E-state index is -4.64. The highest BCUT2D eigenvalue weighted by atomic mass is 79.9. The van der Waals surface area contributed by atoms with Crippen molar-refractivity contribution in [1.29, 1.82) is 0 Å². The molecule has 1 saturated heterocycles. The van der Waals surface area contributed by atoms with Crippen molar-refractivity contribution in [3.05, 3.63) is 100 Å². The molecule has 1 aliphatic rings. The zero-order valence-electron chi connectivity index (χ0n) is 19.7. The van der Waals surface area contributed by atoms with Crippen molar-refractivity contribution in [3.63, 3.8) is 0 Å². The standard InChI is InChI=1S/C28H24BrF3N2O3/c1-2-18-6-5-8-22(24(18)21-7-3-4-9-23(21)28(30,31)32)25(35)33-26(36)34-16-14-27(37,15-17-34)19-10-12-20(29)13-11-19/h2-13,37H,1,14-17H2,(H,33,35,36). The molecule has 0 spiro atoms. The van der Waals surface area contributed by atoms with Gasteiger partial charge in [0.05, 0.1) is 11.2 Å². The first-order valence-corrected chi connectivity index (χ1v) is 12.3. The monoisotopic (exact) mass is 572 g/mol. The lowest BCUT2D eigenvalue weighted by Crippen LogP contribution is -2.50. The summed E-state index contributed by atoms with van der Waals surface area (Å²) in [7, 11) is 0. The van der Waals surface area contributed by atoms with Crippen molar-refractivity contribution >= 4 is 33.9 Å². The summed E-state index contributed by atoms with van der Waals surface area (Å²) in [5, 5.41) is 13.4. The van der Waals surface area contributed by atoms with E-state index in [9.17, 15) is 27.9 Å². The molecule has 0 aromatic heterocycles. The van der Waals surface area contributed by atoms with E-state index in [4.69, 9.17) is 0 Å². The van der Waals surface area contributed by atoms with Gasteiger partial charge in [0.2, 0.25) is 0 Å². The number of piperidine rings is 1. The van der Waals surface area contributed by atoms with Crippen molar-refractivity contribution in [1.82, 2.24) is 10.2 Å². The lowest BCUT2D eigenvalue weighted by Gasteiger charge is -2.38. The number of likely N-dealkylation sites (tertiary alicyclic amines) is 1. The van der Waals surface area contributed by atoms with Gasteiger partial charge in [0.1, 0.15) is 0 Å². The molecule has 37 heavy (non-hydrogen) atoms. The molecule has 2 N–H and O–H groups in total. The predicted octanol–water partition coefficient (Wildman–Crippen LogP) is 6.61. The molecule has 9 heteroatoms. The van der Waals surface area contributed by atoms with Gasteiger partial charge in [-0.3, -0.25) is 10.1 Å². The van der Waals surface area contributed by atoms with Gasteiger partial charge in [0.15, 0.2) is 0 Å². The Labute approximate surface area is 220 Å². The zero-order chi connectivity index (χ0) is 26.8. The number of amides is 3. The highest BCUT2D eigenvalue weighted by Gasteiger charge is 2.37. The van der Waals surface area contributed by atoms with Gasteiger partial charge in [-0.05, 0) is 53.8 Å². The summed E-state index contributed by atoms with van der Waals surface area (Å²) >= 11 is 3.36. The van der Waals surface area contributed by atoms with Crippen LogP contribution in [0.25, 0.3) is 17.2 Å². The predicted molar refractivity (Wildman–Crippen MR) is 139 cm³/mol. The Kier molecular flexibility index (Phi) is 7.57. The van der Waals surface area contributed by atoms with Gasteiger partial charge in [-0.1, -0.05) is 71.0 Å². The number of nitrogens with one attached hydrogen (secondary N) is 1. The van der Waals surface area contributed by atoms with E-state index in [1.807, 2.05) is 24.3 Å².